The molecule has 1 atom stereocenters. The summed E-state index contributed by atoms with van der Waals surface area (Å²) in [7, 11) is 0. The summed E-state index contributed by atoms with van der Waals surface area (Å²) in [5, 5.41) is 8.78. The summed E-state index contributed by atoms with van der Waals surface area (Å²) in [6, 6.07) is 0. The zero-order valence-electron chi connectivity index (χ0n) is 9.08. The van der Waals surface area contributed by atoms with Gasteiger partial charge in [0.25, 0.3) is 5.92 Å². The summed E-state index contributed by atoms with van der Waals surface area (Å²) in [5.41, 5.74) is 0. The number of hydrogen-bond donors (Lipinski definition) is 1. The third kappa shape index (κ3) is 2.90. The molecule has 1 heterocycles. The van der Waals surface area contributed by atoms with Gasteiger partial charge < -0.3 is 10.0 Å². The maximum absolute atomic E-state index is 12.8. The second-order valence-corrected chi connectivity index (χ2v) is 3.98. The third-order valence-corrected chi connectivity index (χ3v) is 2.81. The molecule has 0 saturated carbocycles. The molecule has 1 unspecified atom stereocenters. The van der Waals surface area contributed by atoms with Crippen molar-refractivity contribution in [3.05, 3.63) is 0 Å². The molecule has 1 fully saturated rings. The van der Waals surface area contributed by atoms with E-state index in [2.05, 4.69) is 0 Å². The molecule has 0 aromatic carbocycles. The first-order valence-electron chi connectivity index (χ1n) is 5.27. The van der Waals surface area contributed by atoms with E-state index in [1.54, 1.807) is 6.92 Å². The summed E-state index contributed by atoms with van der Waals surface area (Å²) < 4.78 is 25.7. The zero-order chi connectivity index (χ0) is 12.3. The fourth-order valence-corrected chi connectivity index (χ4v) is 1.73. The molecule has 1 amide bonds. The largest absolute Gasteiger partial charge is 0.481 e. The highest BCUT2D eigenvalue weighted by molar-refractivity contribution is 5.96. The minimum Gasteiger partial charge on any atom is -0.481 e. The first-order chi connectivity index (χ1) is 7.37. The van der Waals surface area contributed by atoms with Gasteiger partial charge in [0, 0.05) is 25.9 Å². The van der Waals surface area contributed by atoms with Crippen LogP contribution in [0.3, 0.4) is 0 Å². The Kier molecular flexibility index (Phi) is 3.83. The number of carbonyl (C=O) groups excluding carboxylic acids is 1. The van der Waals surface area contributed by atoms with Gasteiger partial charge in [-0.3, -0.25) is 9.59 Å². The summed E-state index contributed by atoms with van der Waals surface area (Å²) in [4.78, 5) is 23.7. The number of carboxylic acids is 1. The molecule has 0 aromatic rings. The van der Waals surface area contributed by atoms with Gasteiger partial charge in [-0.05, 0) is 6.42 Å². The fourth-order valence-electron chi connectivity index (χ4n) is 1.73. The van der Waals surface area contributed by atoms with E-state index < -0.39 is 23.7 Å². The molecule has 1 aliphatic heterocycles. The van der Waals surface area contributed by atoms with Gasteiger partial charge in [0.2, 0.25) is 5.91 Å². The Morgan fingerprint density at radius 3 is 2.25 bits per heavy atom. The monoisotopic (exact) mass is 235 g/mol. The average molecular weight is 235 g/mol. The van der Waals surface area contributed by atoms with Gasteiger partial charge in [-0.25, -0.2) is 8.78 Å². The first kappa shape index (κ1) is 12.9. The fraction of sp³-hybridized carbons (Fsp3) is 0.800. The molecule has 1 N–H and O–H groups in total. The van der Waals surface area contributed by atoms with E-state index in [4.69, 9.17) is 5.11 Å². The Morgan fingerprint density at radius 2 is 1.88 bits per heavy atom. The summed E-state index contributed by atoms with van der Waals surface area (Å²) in [6.07, 6.45) is -0.579. The van der Waals surface area contributed by atoms with Crippen LogP contribution in [0.4, 0.5) is 8.78 Å². The van der Waals surface area contributed by atoms with Crippen molar-refractivity contribution in [1.82, 2.24) is 4.90 Å². The number of hydrogen-bond acceptors (Lipinski definition) is 2. The molecular weight excluding hydrogens is 220 g/mol. The number of piperidine rings is 1. The van der Waals surface area contributed by atoms with Crippen LogP contribution in [-0.4, -0.2) is 40.9 Å². The van der Waals surface area contributed by atoms with Crippen LogP contribution in [0, 0.1) is 5.92 Å². The quantitative estimate of drug-likeness (QED) is 0.751. The summed E-state index contributed by atoms with van der Waals surface area (Å²) in [5.74, 6) is -5.57. The molecule has 4 nitrogen and oxygen atoms in total. The minimum atomic E-state index is -2.72. The van der Waals surface area contributed by atoms with Crippen LogP contribution in [0.1, 0.15) is 26.2 Å². The van der Waals surface area contributed by atoms with Crippen LogP contribution in [0.15, 0.2) is 0 Å². The molecule has 1 aliphatic rings. The highest BCUT2D eigenvalue weighted by Gasteiger charge is 2.38. The lowest BCUT2D eigenvalue weighted by Gasteiger charge is -2.33. The lowest BCUT2D eigenvalue weighted by molar-refractivity contribution is -0.153. The van der Waals surface area contributed by atoms with E-state index in [0.717, 1.165) is 0 Å². The molecule has 0 aliphatic carbocycles. The summed E-state index contributed by atoms with van der Waals surface area (Å²) in [6.45, 7) is 1.47. The lowest BCUT2D eigenvalue weighted by Crippen LogP contribution is -2.46. The van der Waals surface area contributed by atoms with E-state index in [1.807, 2.05) is 0 Å². The number of likely N-dealkylation sites (tertiary alicyclic amines) is 1. The Hall–Kier alpha value is -1.20. The van der Waals surface area contributed by atoms with E-state index in [0.29, 0.717) is 0 Å². The van der Waals surface area contributed by atoms with Gasteiger partial charge in [-0.1, -0.05) is 6.92 Å². The van der Waals surface area contributed by atoms with Crippen molar-refractivity contribution in [1.29, 1.82) is 0 Å². The van der Waals surface area contributed by atoms with Crippen LogP contribution in [0.25, 0.3) is 0 Å². The highest BCUT2D eigenvalue weighted by Crippen LogP contribution is 2.28. The number of aliphatic carboxylic acids is 1. The van der Waals surface area contributed by atoms with Gasteiger partial charge >= 0.3 is 5.97 Å². The molecule has 0 spiro atoms. The maximum Gasteiger partial charge on any atom is 0.316 e. The SMILES string of the molecule is CCC(C(=O)O)C(=O)N1CCC(F)(F)CC1. The van der Waals surface area contributed by atoms with Crippen LogP contribution in [-0.2, 0) is 9.59 Å². The lowest BCUT2D eigenvalue weighted by atomic mass is 10.0. The van der Waals surface area contributed by atoms with Crippen molar-refractivity contribution in [2.45, 2.75) is 32.1 Å². The molecule has 0 aromatic heterocycles. The highest BCUT2D eigenvalue weighted by atomic mass is 19.3. The predicted octanol–water partition coefficient (Wildman–Crippen LogP) is 1.35. The number of rotatable bonds is 3. The van der Waals surface area contributed by atoms with Gasteiger partial charge in [-0.15, -0.1) is 0 Å². The Balaban J connectivity index is 2.59. The van der Waals surface area contributed by atoms with Gasteiger partial charge in [0.1, 0.15) is 5.92 Å². The number of alkyl halides is 2. The van der Waals surface area contributed by atoms with Gasteiger partial charge in [-0.2, -0.15) is 0 Å². The van der Waals surface area contributed by atoms with Gasteiger partial charge in [0.15, 0.2) is 0 Å². The van der Waals surface area contributed by atoms with E-state index >= 15 is 0 Å². The van der Waals surface area contributed by atoms with E-state index in [9.17, 15) is 18.4 Å². The van der Waals surface area contributed by atoms with Crippen molar-refractivity contribution in [3.63, 3.8) is 0 Å². The smallest absolute Gasteiger partial charge is 0.316 e. The molecule has 1 rings (SSSR count). The predicted molar refractivity (Wildman–Crippen MR) is 52.2 cm³/mol. The number of halogens is 2. The van der Waals surface area contributed by atoms with E-state index in [1.165, 1.54) is 4.90 Å². The Bertz CT molecular complexity index is 284. The van der Waals surface area contributed by atoms with Crippen molar-refractivity contribution in [2.24, 2.45) is 5.92 Å². The van der Waals surface area contributed by atoms with Crippen LogP contribution < -0.4 is 0 Å². The van der Waals surface area contributed by atoms with Crippen molar-refractivity contribution in [2.75, 3.05) is 13.1 Å². The first-order valence-corrected chi connectivity index (χ1v) is 5.27. The molecule has 0 bridgehead atoms. The second-order valence-electron chi connectivity index (χ2n) is 3.98. The molecule has 92 valence electrons. The number of amides is 1. The maximum atomic E-state index is 12.8. The molecular formula is C10H15F2NO3. The normalized spacial score (nSPS) is 21.6. The Labute approximate surface area is 92.2 Å². The van der Waals surface area contributed by atoms with Crippen LogP contribution >= 0.6 is 0 Å². The average Bonchev–Trinajstić information content (AvgIpc) is 2.17. The van der Waals surface area contributed by atoms with Crippen LogP contribution in [0.2, 0.25) is 0 Å². The Morgan fingerprint density at radius 1 is 1.38 bits per heavy atom. The van der Waals surface area contributed by atoms with Crippen molar-refractivity contribution >= 4 is 11.9 Å². The second kappa shape index (κ2) is 4.76. The minimum absolute atomic E-state index is 0.0599. The number of carbonyl (C=O) groups is 2. The number of carboxylic acid groups (broad SMARTS) is 1. The molecule has 1 saturated heterocycles. The molecule has 16 heavy (non-hydrogen) atoms. The topological polar surface area (TPSA) is 57.6 Å². The van der Waals surface area contributed by atoms with Crippen molar-refractivity contribution in [3.8, 4) is 0 Å². The molecule has 6 heteroatoms. The third-order valence-electron chi connectivity index (χ3n) is 2.81. The van der Waals surface area contributed by atoms with Crippen molar-refractivity contribution < 1.29 is 23.5 Å². The summed E-state index contributed by atoms with van der Waals surface area (Å²) >= 11 is 0. The zero-order valence-corrected chi connectivity index (χ0v) is 9.08. The molecule has 0 radical (unpaired) electrons. The van der Waals surface area contributed by atoms with E-state index in [-0.39, 0.29) is 32.4 Å². The number of nitrogens with zero attached hydrogens (tertiary/aromatic N) is 1. The van der Waals surface area contributed by atoms with Gasteiger partial charge in [0.05, 0.1) is 0 Å². The van der Waals surface area contributed by atoms with Crippen LogP contribution in [0.5, 0.6) is 0 Å². The standard InChI is InChI=1S/C10H15F2NO3/c1-2-7(9(15)16)8(14)13-5-3-10(11,12)4-6-13/h7H,2-6H2,1H3,(H,15,16).